The lowest BCUT2D eigenvalue weighted by molar-refractivity contribution is 0.0696. The lowest BCUT2D eigenvalue weighted by Gasteiger charge is -2.10. The summed E-state index contributed by atoms with van der Waals surface area (Å²) in [6, 6.07) is 14.6. The molecule has 0 atom stereocenters. The van der Waals surface area contributed by atoms with Crippen molar-refractivity contribution in [2.75, 3.05) is 5.32 Å². The predicted octanol–water partition coefficient (Wildman–Crippen LogP) is 4.89. The number of aryl methyl sites for hydroxylation is 1. The Hall–Kier alpha value is -3.54. The Balaban J connectivity index is 1.85. The molecule has 2 N–H and O–H groups in total. The van der Waals surface area contributed by atoms with Gasteiger partial charge in [0.25, 0.3) is 5.91 Å². The summed E-state index contributed by atoms with van der Waals surface area (Å²) in [5.74, 6) is -3.79. The highest BCUT2D eigenvalue weighted by Crippen LogP contribution is 2.26. The van der Waals surface area contributed by atoms with E-state index >= 15 is 0 Å². The molecule has 136 valence electrons. The Morgan fingerprint density at radius 3 is 2.15 bits per heavy atom. The minimum absolute atomic E-state index is 0.169. The number of carbonyl (C=O) groups excluding carboxylic acids is 1. The highest BCUT2D eigenvalue weighted by atomic mass is 19.1. The summed E-state index contributed by atoms with van der Waals surface area (Å²) >= 11 is 0. The van der Waals surface area contributed by atoms with Gasteiger partial charge in [-0.2, -0.15) is 0 Å². The molecular formula is C21H15F2NO3. The van der Waals surface area contributed by atoms with Crippen LogP contribution in [0, 0.1) is 18.6 Å². The van der Waals surface area contributed by atoms with E-state index in [4.69, 9.17) is 5.11 Å². The molecule has 27 heavy (non-hydrogen) atoms. The van der Waals surface area contributed by atoms with Crippen LogP contribution >= 0.6 is 0 Å². The van der Waals surface area contributed by atoms with Crippen LogP contribution in [0.25, 0.3) is 11.1 Å². The SMILES string of the molecule is Cc1ccc(C(=O)O)cc1-c1ccc(NC(=O)c2c(F)cccc2F)cc1. The number of aromatic carboxylic acids is 1. The zero-order valence-electron chi connectivity index (χ0n) is 14.3. The first-order chi connectivity index (χ1) is 12.9. The van der Waals surface area contributed by atoms with E-state index in [1.165, 1.54) is 12.1 Å². The van der Waals surface area contributed by atoms with Gasteiger partial charge in [-0.3, -0.25) is 4.79 Å². The van der Waals surface area contributed by atoms with Crippen molar-refractivity contribution in [1.82, 2.24) is 0 Å². The largest absolute Gasteiger partial charge is 0.478 e. The monoisotopic (exact) mass is 367 g/mol. The molecule has 0 aliphatic rings. The van der Waals surface area contributed by atoms with Gasteiger partial charge < -0.3 is 10.4 Å². The summed E-state index contributed by atoms with van der Waals surface area (Å²) in [7, 11) is 0. The molecule has 0 saturated carbocycles. The van der Waals surface area contributed by atoms with Gasteiger partial charge in [0, 0.05) is 5.69 Å². The third-order valence-electron chi connectivity index (χ3n) is 4.13. The fourth-order valence-corrected chi connectivity index (χ4v) is 2.71. The predicted molar refractivity (Wildman–Crippen MR) is 97.9 cm³/mol. The highest BCUT2D eigenvalue weighted by Gasteiger charge is 2.17. The molecule has 0 aromatic heterocycles. The molecule has 0 radical (unpaired) electrons. The number of amides is 1. The van der Waals surface area contributed by atoms with Crippen LogP contribution < -0.4 is 5.32 Å². The van der Waals surface area contributed by atoms with Crippen molar-refractivity contribution in [3.8, 4) is 11.1 Å². The summed E-state index contributed by atoms with van der Waals surface area (Å²) in [6.45, 7) is 1.86. The van der Waals surface area contributed by atoms with Crippen LogP contribution in [0.1, 0.15) is 26.3 Å². The number of anilines is 1. The Bertz CT molecular complexity index is 1010. The molecule has 0 aliphatic heterocycles. The molecule has 4 nitrogen and oxygen atoms in total. The molecule has 6 heteroatoms. The zero-order chi connectivity index (χ0) is 19.6. The van der Waals surface area contributed by atoms with E-state index in [9.17, 15) is 18.4 Å². The quantitative estimate of drug-likeness (QED) is 0.690. The fourth-order valence-electron chi connectivity index (χ4n) is 2.71. The molecule has 0 bridgehead atoms. The number of hydrogen-bond acceptors (Lipinski definition) is 2. The van der Waals surface area contributed by atoms with Crippen molar-refractivity contribution in [3.63, 3.8) is 0 Å². The molecule has 1 amide bonds. The second kappa shape index (κ2) is 7.37. The second-order valence-corrected chi connectivity index (χ2v) is 5.96. The van der Waals surface area contributed by atoms with Crippen LogP contribution in [-0.4, -0.2) is 17.0 Å². The average Bonchev–Trinajstić information content (AvgIpc) is 2.62. The number of nitrogens with one attached hydrogen (secondary N) is 1. The average molecular weight is 367 g/mol. The van der Waals surface area contributed by atoms with Crippen molar-refractivity contribution < 1.29 is 23.5 Å². The minimum Gasteiger partial charge on any atom is -0.478 e. The maximum absolute atomic E-state index is 13.7. The standard InChI is InChI=1S/C21H15F2NO3/c1-12-5-6-14(21(26)27)11-16(12)13-7-9-15(10-8-13)24-20(25)19-17(22)3-2-4-18(19)23/h2-11H,1H3,(H,24,25)(H,26,27). The normalized spacial score (nSPS) is 10.5. The van der Waals surface area contributed by atoms with Gasteiger partial charge in [-0.25, -0.2) is 13.6 Å². The molecule has 3 aromatic carbocycles. The Labute approximate surface area is 154 Å². The fraction of sp³-hybridized carbons (Fsp3) is 0.0476. The number of carboxylic acid groups (broad SMARTS) is 1. The maximum Gasteiger partial charge on any atom is 0.335 e. The molecule has 3 aromatic rings. The van der Waals surface area contributed by atoms with Crippen molar-refractivity contribution in [3.05, 3.63) is 89.0 Å². The Morgan fingerprint density at radius 1 is 0.926 bits per heavy atom. The molecule has 0 spiro atoms. The summed E-state index contributed by atoms with van der Waals surface area (Å²) in [6.07, 6.45) is 0. The van der Waals surface area contributed by atoms with Gasteiger partial charge in [-0.15, -0.1) is 0 Å². The molecule has 0 aliphatic carbocycles. The number of hydrogen-bond donors (Lipinski definition) is 2. The molecule has 0 fully saturated rings. The van der Waals surface area contributed by atoms with Gasteiger partial charge in [0.05, 0.1) is 5.56 Å². The number of benzene rings is 3. The second-order valence-electron chi connectivity index (χ2n) is 5.96. The number of halogens is 2. The van der Waals surface area contributed by atoms with E-state index in [1.807, 2.05) is 6.92 Å². The number of rotatable bonds is 4. The zero-order valence-corrected chi connectivity index (χ0v) is 14.3. The van der Waals surface area contributed by atoms with Crippen molar-refractivity contribution in [1.29, 1.82) is 0 Å². The number of carboxylic acids is 1. The van der Waals surface area contributed by atoms with Gasteiger partial charge in [-0.05, 0) is 60.0 Å². The van der Waals surface area contributed by atoms with Crippen LogP contribution in [-0.2, 0) is 0 Å². The molecule has 0 heterocycles. The number of carbonyl (C=O) groups is 2. The van der Waals surface area contributed by atoms with Crippen molar-refractivity contribution >= 4 is 17.6 Å². The van der Waals surface area contributed by atoms with Gasteiger partial charge >= 0.3 is 5.97 Å². The van der Waals surface area contributed by atoms with Gasteiger partial charge in [0.2, 0.25) is 0 Å². The first kappa shape index (κ1) is 18.3. The van der Waals surface area contributed by atoms with E-state index in [1.54, 1.807) is 36.4 Å². The van der Waals surface area contributed by atoms with Crippen LogP contribution in [0.5, 0.6) is 0 Å². The molecular weight excluding hydrogens is 352 g/mol. The van der Waals surface area contributed by atoms with Crippen molar-refractivity contribution in [2.24, 2.45) is 0 Å². The third kappa shape index (κ3) is 3.84. The van der Waals surface area contributed by atoms with E-state index in [2.05, 4.69) is 5.32 Å². The van der Waals surface area contributed by atoms with Gasteiger partial charge in [0.1, 0.15) is 17.2 Å². The smallest absolute Gasteiger partial charge is 0.335 e. The van der Waals surface area contributed by atoms with Gasteiger partial charge in [-0.1, -0.05) is 24.3 Å². The summed E-state index contributed by atoms with van der Waals surface area (Å²) in [5.41, 5.74) is 2.27. The van der Waals surface area contributed by atoms with Crippen LogP contribution in [0.15, 0.2) is 60.7 Å². The van der Waals surface area contributed by atoms with Gasteiger partial charge in [0.15, 0.2) is 0 Å². The molecule has 0 saturated heterocycles. The van der Waals surface area contributed by atoms with E-state index < -0.39 is 29.1 Å². The van der Waals surface area contributed by atoms with E-state index in [0.717, 1.165) is 28.8 Å². The Morgan fingerprint density at radius 2 is 1.56 bits per heavy atom. The Kier molecular flexibility index (Phi) is 4.98. The van der Waals surface area contributed by atoms with Crippen molar-refractivity contribution in [2.45, 2.75) is 6.92 Å². The third-order valence-corrected chi connectivity index (χ3v) is 4.13. The first-order valence-electron chi connectivity index (χ1n) is 8.06. The summed E-state index contributed by atoms with van der Waals surface area (Å²) in [5, 5.41) is 11.6. The topological polar surface area (TPSA) is 66.4 Å². The van der Waals surface area contributed by atoms with E-state index in [-0.39, 0.29) is 5.56 Å². The van der Waals surface area contributed by atoms with Crippen LogP contribution in [0.4, 0.5) is 14.5 Å². The minimum atomic E-state index is -1.02. The lowest BCUT2D eigenvalue weighted by Crippen LogP contribution is -2.15. The maximum atomic E-state index is 13.7. The van der Waals surface area contributed by atoms with Crippen LogP contribution in [0.3, 0.4) is 0 Å². The summed E-state index contributed by atoms with van der Waals surface area (Å²) in [4.78, 5) is 23.3. The van der Waals surface area contributed by atoms with Crippen LogP contribution in [0.2, 0.25) is 0 Å². The lowest BCUT2D eigenvalue weighted by atomic mass is 9.98. The first-order valence-corrected chi connectivity index (χ1v) is 8.06. The molecule has 3 rings (SSSR count). The molecule has 0 unspecified atom stereocenters. The summed E-state index contributed by atoms with van der Waals surface area (Å²) < 4.78 is 27.4. The van der Waals surface area contributed by atoms with E-state index in [0.29, 0.717) is 5.69 Å². The highest BCUT2D eigenvalue weighted by molar-refractivity contribution is 6.04.